The number of aliphatic hydroxyl groups excluding tert-OH is 1. The SMILES string of the molecule is COCCN(c1nc(C(C)C)c(CO)s1)C(C)C. The highest BCUT2D eigenvalue weighted by Crippen LogP contribution is 2.31. The van der Waals surface area contributed by atoms with E-state index in [1.807, 2.05) is 0 Å². The Labute approximate surface area is 114 Å². The summed E-state index contributed by atoms with van der Waals surface area (Å²) in [6.45, 7) is 10.1. The highest BCUT2D eigenvalue weighted by atomic mass is 32.1. The fourth-order valence-electron chi connectivity index (χ4n) is 1.80. The molecule has 0 aliphatic carbocycles. The molecule has 0 saturated carbocycles. The van der Waals surface area contributed by atoms with Gasteiger partial charge in [0.2, 0.25) is 0 Å². The Morgan fingerprint density at radius 2 is 2.00 bits per heavy atom. The number of methoxy groups -OCH3 is 1. The number of anilines is 1. The third kappa shape index (κ3) is 3.67. The molecule has 0 amide bonds. The van der Waals surface area contributed by atoms with Gasteiger partial charge >= 0.3 is 0 Å². The molecule has 0 aliphatic rings. The molecule has 4 nitrogen and oxygen atoms in total. The first-order valence-corrected chi connectivity index (χ1v) is 7.18. The summed E-state index contributed by atoms with van der Waals surface area (Å²) in [6, 6.07) is 0.373. The van der Waals surface area contributed by atoms with E-state index in [1.165, 1.54) is 0 Å². The second-order valence-corrected chi connectivity index (χ2v) is 5.96. The summed E-state index contributed by atoms with van der Waals surface area (Å²) in [5, 5.41) is 10.4. The van der Waals surface area contributed by atoms with Gasteiger partial charge in [0, 0.05) is 19.7 Å². The summed E-state index contributed by atoms with van der Waals surface area (Å²) < 4.78 is 5.14. The molecule has 0 fully saturated rings. The number of hydrogen-bond donors (Lipinski definition) is 1. The summed E-state index contributed by atoms with van der Waals surface area (Å²) in [6.07, 6.45) is 0. The van der Waals surface area contributed by atoms with Gasteiger partial charge in [0.15, 0.2) is 5.13 Å². The zero-order valence-electron chi connectivity index (χ0n) is 11.9. The fourth-order valence-corrected chi connectivity index (χ4v) is 3.04. The third-order valence-corrected chi connectivity index (χ3v) is 3.91. The van der Waals surface area contributed by atoms with Crippen molar-refractivity contribution >= 4 is 16.5 Å². The number of nitrogens with zero attached hydrogens (tertiary/aromatic N) is 2. The van der Waals surface area contributed by atoms with Crippen molar-refractivity contribution in [3.8, 4) is 0 Å². The van der Waals surface area contributed by atoms with Crippen LogP contribution in [0.4, 0.5) is 5.13 Å². The predicted molar refractivity (Wildman–Crippen MR) is 76.5 cm³/mol. The van der Waals surface area contributed by atoms with Gasteiger partial charge in [-0.1, -0.05) is 25.2 Å². The zero-order chi connectivity index (χ0) is 13.7. The summed E-state index contributed by atoms with van der Waals surface area (Å²) >= 11 is 1.58. The van der Waals surface area contributed by atoms with Crippen LogP contribution in [0, 0.1) is 0 Å². The van der Waals surface area contributed by atoms with Gasteiger partial charge in [-0.05, 0) is 19.8 Å². The third-order valence-electron chi connectivity index (χ3n) is 2.81. The quantitative estimate of drug-likeness (QED) is 0.829. The maximum atomic E-state index is 9.40. The lowest BCUT2D eigenvalue weighted by Gasteiger charge is -2.25. The van der Waals surface area contributed by atoms with E-state index in [2.05, 4.69) is 37.6 Å². The van der Waals surface area contributed by atoms with Crippen molar-refractivity contribution in [1.82, 2.24) is 4.98 Å². The van der Waals surface area contributed by atoms with Gasteiger partial charge in [0.1, 0.15) is 0 Å². The van der Waals surface area contributed by atoms with Crippen molar-refractivity contribution < 1.29 is 9.84 Å². The average Bonchev–Trinajstić information content (AvgIpc) is 2.73. The van der Waals surface area contributed by atoms with Crippen molar-refractivity contribution in [2.75, 3.05) is 25.2 Å². The molecule has 0 aromatic carbocycles. The van der Waals surface area contributed by atoms with E-state index in [4.69, 9.17) is 4.74 Å². The van der Waals surface area contributed by atoms with Gasteiger partial charge in [-0.3, -0.25) is 0 Å². The van der Waals surface area contributed by atoms with E-state index in [9.17, 15) is 5.11 Å². The van der Waals surface area contributed by atoms with E-state index < -0.39 is 0 Å². The second-order valence-electron chi connectivity index (χ2n) is 4.90. The number of ether oxygens (including phenoxy) is 1. The van der Waals surface area contributed by atoms with Gasteiger partial charge in [-0.15, -0.1) is 0 Å². The minimum absolute atomic E-state index is 0.0708. The molecule has 0 bridgehead atoms. The lowest BCUT2D eigenvalue weighted by molar-refractivity contribution is 0.204. The first-order chi connectivity index (χ1) is 8.51. The Kier molecular flexibility index (Phi) is 6.05. The summed E-state index contributed by atoms with van der Waals surface area (Å²) in [5.41, 5.74) is 1.01. The lowest BCUT2D eigenvalue weighted by atomic mass is 10.1. The predicted octanol–water partition coefficient (Wildman–Crippen LogP) is 2.62. The van der Waals surface area contributed by atoms with Crippen molar-refractivity contribution in [3.05, 3.63) is 10.6 Å². The van der Waals surface area contributed by atoms with Crippen LogP contribution in [0.2, 0.25) is 0 Å². The largest absolute Gasteiger partial charge is 0.391 e. The molecular weight excluding hydrogens is 248 g/mol. The fraction of sp³-hybridized carbons (Fsp3) is 0.769. The van der Waals surface area contributed by atoms with Crippen LogP contribution in [-0.4, -0.2) is 36.4 Å². The number of aromatic nitrogens is 1. The molecule has 0 unspecified atom stereocenters. The molecule has 1 N–H and O–H groups in total. The van der Waals surface area contributed by atoms with Crippen LogP contribution < -0.4 is 4.90 Å². The van der Waals surface area contributed by atoms with E-state index in [0.29, 0.717) is 18.6 Å². The van der Waals surface area contributed by atoms with Crippen molar-refractivity contribution in [2.24, 2.45) is 0 Å². The number of hydrogen-bond acceptors (Lipinski definition) is 5. The second kappa shape index (κ2) is 7.07. The summed E-state index contributed by atoms with van der Waals surface area (Å²) in [5.74, 6) is 0.341. The molecule has 0 aliphatic heterocycles. The smallest absolute Gasteiger partial charge is 0.186 e. The Morgan fingerprint density at radius 3 is 2.39 bits per heavy atom. The van der Waals surface area contributed by atoms with Crippen LogP contribution in [0.15, 0.2) is 0 Å². The van der Waals surface area contributed by atoms with E-state index in [1.54, 1.807) is 18.4 Å². The maximum absolute atomic E-state index is 9.40. The van der Waals surface area contributed by atoms with Crippen LogP contribution in [0.5, 0.6) is 0 Å². The van der Waals surface area contributed by atoms with Crippen LogP contribution in [0.1, 0.15) is 44.2 Å². The van der Waals surface area contributed by atoms with Gasteiger partial charge < -0.3 is 14.7 Å². The van der Waals surface area contributed by atoms with Gasteiger partial charge in [0.05, 0.1) is 23.8 Å². The van der Waals surface area contributed by atoms with Crippen molar-refractivity contribution in [2.45, 2.75) is 46.3 Å². The first-order valence-electron chi connectivity index (χ1n) is 6.37. The lowest BCUT2D eigenvalue weighted by Crippen LogP contribution is -2.33. The van der Waals surface area contributed by atoms with Gasteiger partial charge in [-0.25, -0.2) is 4.98 Å². The topological polar surface area (TPSA) is 45.6 Å². The zero-order valence-corrected chi connectivity index (χ0v) is 12.8. The van der Waals surface area contributed by atoms with Crippen LogP contribution in [-0.2, 0) is 11.3 Å². The van der Waals surface area contributed by atoms with E-state index in [0.717, 1.165) is 22.2 Å². The normalized spacial score (nSPS) is 11.6. The monoisotopic (exact) mass is 272 g/mol. The number of aliphatic hydroxyl groups is 1. The molecule has 0 spiro atoms. The Hall–Kier alpha value is -0.650. The van der Waals surface area contributed by atoms with E-state index >= 15 is 0 Å². The van der Waals surface area contributed by atoms with Crippen LogP contribution in [0.25, 0.3) is 0 Å². The van der Waals surface area contributed by atoms with Gasteiger partial charge in [-0.2, -0.15) is 0 Å². The Balaban J connectivity index is 2.97. The molecule has 0 atom stereocenters. The molecule has 0 saturated heterocycles. The first kappa shape index (κ1) is 15.4. The molecule has 1 heterocycles. The Morgan fingerprint density at radius 1 is 1.33 bits per heavy atom. The summed E-state index contributed by atoms with van der Waals surface area (Å²) in [4.78, 5) is 7.88. The highest BCUT2D eigenvalue weighted by molar-refractivity contribution is 7.15. The molecule has 18 heavy (non-hydrogen) atoms. The molecule has 1 aromatic rings. The maximum Gasteiger partial charge on any atom is 0.186 e. The molecule has 1 rings (SSSR count). The molecular formula is C13H24N2O2S. The molecule has 0 radical (unpaired) electrons. The molecule has 5 heteroatoms. The van der Waals surface area contributed by atoms with Crippen molar-refractivity contribution in [1.29, 1.82) is 0 Å². The highest BCUT2D eigenvalue weighted by Gasteiger charge is 2.19. The standard InChI is InChI=1S/C13H24N2O2S/c1-9(2)12-11(8-16)18-13(14-12)15(10(3)4)6-7-17-5/h9-10,16H,6-8H2,1-5H3. The minimum Gasteiger partial charge on any atom is -0.391 e. The van der Waals surface area contributed by atoms with Crippen LogP contribution >= 0.6 is 11.3 Å². The average molecular weight is 272 g/mol. The number of rotatable bonds is 7. The number of thiazole rings is 1. The van der Waals surface area contributed by atoms with E-state index in [-0.39, 0.29) is 6.61 Å². The minimum atomic E-state index is 0.0708. The molecule has 104 valence electrons. The van der Waals surface area contributed by atoms with Crippen LogP contribution in [0.3, 0.4) is 0 Å². The molecule has 1 aromatic heterocycles. The van der Waals surface area contributed by atoms with Gasteiger partial charge in [0.25, 0.3) is 0 Å². The Bertz CT molecular complexity index is 364. The van der Waals surface area contributed by atoms with Crippen molar-refractivity contribution in [3.63, 3.8) is 0 Å². The summed E-state index contributed by atoms with van der Waals surface area (Å²) in [7, 11) is 1.71.